The second-order valence-corrected chi connectivity index (χ2v) is 9.00. The zero-order chi connectivity index (χ0) is 21.4. The standard InChI is InChI=1S/C25H28N2O4/c1-25(18-8-3-2-4-9-18)14-23(28)27(24(25)29)19-10-7-13-26(15-19)16-20-17-30-21-11-5-6-12-22(21)31-20/h2-6,8-9,11-12,19-20H,7,10,13-17H2,1H3/t19-,20-,25+/m0/s1. The highest BCUT2D eigenvalue weighted by Gasteiger charge is 2.51. The molecule has 162 valence electrons. The zero-order valence-electron chi connectivity index (χ0n) is 17.8. The van der Waals surface area contributed by atoms with Gasteiger partial charge in [-0.25, -0.2) is 0 Å². The van der Waals surface area contributed by atoms with Crippen LogP contribution in [-0.2, 0) is 15.0 Å². The Kier molecular flexibility index (Phi) is 5.18. The summed E-state index contributed by atoms with van der Waals surface area (Å²) in [6.07, 6.45) is 1.98. The van der Waals surface area contributed by atoms with E-state index >= 15 is 0 Å². The molecule has 3 heterocycles. The van der Waals surface area contributed by atoms with Crippen LogP contribution in [-0.4, -0.2) is 60.0 Å². The highest BCUT2D eigenvalue weighted by Crippen LogP contribution is 2.38. The molecule has 3 aliphatic heterocycles. The number of likely N-dealkylation sites (tertiary alicyclic amines) is 2. The van der Waals surface area contributed by atoms with E-state index in [4.69, 9.17) is 9.47 Å². The van der Waals surface area contributed by atoms with E-state index in [2.05, 4.69) is 4.90 Å². The molecule has 31 heavy (non-hydrogen) atoms. The van der Waals surface area contributed by atoms with Crippen molar-refractivity contribution in [2.45, 2.75) is 43.7 Å². The summed E-state index contributed by atoms with van der Waals surface area (Å²) in [7, 11) is 0. The van der Waals surface area contributed by atoms with Crippen molar-refractivity contribution < 1.29 is 19.1 Å². The van der Waals surface area contributed by atoms with Gasteiger partial charge in [-0.3, -0.25) is 19.4 Å². The molecule has 0 saturated carbocycles. The molecule has 0 radical (unpaired) electrons. The first-order valence-corrected chi connectivity index (χ1v) is 11.1. The van der Waals surface area contributed by atoms with Crippen LogP contribution in [0.1, 0.15) is 31.7 Å². The molecule has 6 nitrogen and oxygen atoms in total. The van der Waals surface area contributed by atoms with Crippen molar-refractivity contribution in [1.29, 1.82) is 0 Å². The molecule has 3 atom stereocenters. The average Bonchev–Trinajstić information content (AvgIpc) is 3.03. The Morgan fingerprint density at radius 1 is 1.03 bits per heavy atom. The maximum absolute atomic E-state index is 13.4. The van der Waals surface area contributed by atoms with Crippen molar-refractivity contribution in [3.63, 3.8) is 0 Å². The molecule has 5 rings (SSSR count). The van der Waals surface area contributed by atoms with Crippen LogP contribution in [0.3, 0.4) is 0 Å². The number of rotatable bonds is 4. The van der Waals surface area contributed by atoms with E-state index in [-0.39, 0.29) is 30.4 Å². The van der Waals surface area contributed by atoms with Crippen LogP contribution >= 0.6 is 0 Å². The molecule has 2 saturated heterocycles. The molecule has 2 aromatic carbocycles. The van der Waals surface area contributed by atoms with Crippen LogP contribution < -0.4 is 9.47 Å². The predicted octanol–water partition coefficient (Wildman–Crippen LogP) is 3.01. The summed E-state index contributed by atoms with van der Waals surface area (Å²) in [6, 6.07) is 17.3. The van der Waals surface area contributed by atoms with Gasteiger partial charge in [0.2, 0.25) is 11.8 Å². The second kappa shape index (κ2) is 8.00. The van der Waals surface area contributed by atoms with E-state index in [0.29, 0.717) is 13.2 Å². The number of hydrogen-bond donors (Lipinski definition) is 0. The number of imide groups is 1. The summed E-state index contributed by atoms with van der Waals surface area (Å²) in [4.78, 5) is 30.2. The number of para-hydroxylation sites is 2. The number of carbonyl (C=O) groups excluding carboxylic acids is 2. The van der Waals surface area contributed by atoms with E-state index in [1.54, 1.807) is 4.90 Å². The first-order valence-electron chi connectivity index (χ1n) is 11.1. The van der Waals surface area contributed by atoms with Gasteiger partial charge in [0.1, 0.15) is 12.7 Å². The Bertz CT molecular complexity index is 978. The number of ether oxygens (including phenoxy) is 2. The van der Waals surface area contributed by atoms with E-state index in [0.717, 1.165) is 43.0 Å². The Labute approximate surface area is 182 Å². The summed E-state index contributed by atoms with van der Waals surface area (Å²) >= 11 is 0. The van der Waals surface area contributed by atoms with Gasteiger partial charge in [-0.2, -0.15) is 0 Å². The third-order valence-corrected chi connectivity index (χ3v) is 6.75. The number of benzene rings is 2. The summed E-state index contributed by atoms with van der Waals surface area (Å²) in [6.45, 7) is 4.74. The number of nitrogens with zero attached hydrogens (tertiary/aromatic N) is 2. The summed E-state index contributed by atoms with van der Waals surface area (Å²) in [5, 5.41) is 0. The van der Waals surface area contributed by atoms with E-state index < -0.39 is 5.41 Å². The van der Waals surface area contributed by atoms with Gasteiger partial charge in [0, 0.05) is 19.5 Å². The smallest absolute Gasteiger partial charge is 0.240 e. The molecule has 2 fully saturated rings. The molecule has 0 spiro atoms. The lowest BCUT2D eigenvalue weighted by molar-refractivity contribution is -0.143. The first kappa shape index (κ1) is 20.1. The minimum Gasteiger partial charge on any atom is -0.486 e. The fourth-order valence-corrected chi connectivity index (χ4v) is 5.09. The second-order valence-electron chi connectivity index (χ2n) is 9.00. The van der Waals surface area contributed by atoms with Crippen LogP contribution in [0, 0.1) is 0 Å². The average molecular weight is 421 g/mol. The fraction of sp³-hybridized carbons (Fsp3) is 0.440. The Morgan fingerprint density at radius 3 is 2.58 bits per heavy atom. The summed E-state index contributed by atoms with van der Waals surface area (Å²) in [5.74, 6) is 1.43. The topological polar surface area (TPSA) is 59.1 Å². The molecule has 3 aliphatic rings. The third kappa shape index (κ3) is 3.69. The van der Waals surface area contributed by atoms with Crippen molar-refractivity contribution in [3.05, 3.63) is 60.2 Å². The molecule has 6 heteroatoms. The largest absolute Gasteiger partial charge is 0.486 e. The molecule has 0 unspecified atom stereocenters. The third-order valence-electron chi connectivity index (χ3n) is 6.75. The maximum atomic E-state index is 13.4. The van der Waals surface area contributed by atoms with Gasteiger partial charge >= 0.3 is 0 Å². The van der Waals surface area contributed by atoms with Gasteiger partial charge in [-0.15, -0.1) is 0 Å². The first-order chi connectivity index (χ1) is 15.0. The van der Waals surface area contributed by atoms with Gasteiger partial charge in [-0.1, -0.05) is 42.5 Å². The molecular weight excluding hydrogens is 392 g/mol. The van der Waals surface area contributed by atoms with E-state index in [9.17, 15) is 9.59 Å². The van der Waals surface area contributed by atoms with Gasteiger partial charge in [-0.05, 0) is 44.0 Å². The number of amides is 2. The van der Waals surface area contributed by atoms with Crippen molar-refractivity contribution >= 4 is 11.8 Å². The Hall–Kier alpha value is -2.86. The highest BCUT2D eigenvalue weighted by molar-refractivity contribution is 6.09. The number of piperidine rings is 1. The predicted molar refractivity (Wildman–Crippen MR) is 116 cm³/mol. The number of fused-ring (bicyclic) bond motifs is 1. The minimum absolute atomic E-state index is 0.0608. The molecule has 2 aromatic rings. The molecule has 2 amide bonds. The van der Waals surface area contributed by atoms with Crippen LogP contribution in [0.5, 0.6) is 11.5 Å². The quantitative estimate of drug-likeness (QED) is 0.712. The summed E-state index contributed by atoms with van der Waals surface area (Å²) in [5.41, 5.74) is 0.139. The van der Waals surface area contributed by atoms with Crippen molar-refractivity contribution in [3.8, 4) is 11.5 Å². The SMILES string of the molecule is C[C@]1(c2ccccc2)CC(=O)N([C@H]2CCCN(C[C@H]3COc4ccccc4O3)C2)C1=O. The summed E-state index contributed by atoms with van der Waals surface area (Å²) < 4.78 is 12.0. The minimum atomic E-state index is -0.773. The van der Waals surface area contributed by atoms with E-state index in [1.165, 1.54) is 0 Å². The lowest BCUT2D eigenvalue weighted by atomic mass is 9.81. The molecule has 0 N–H and O–H groups in total. The van der Waals surface area contributed by atoms with Gasteiger partial charge in [0.25, 0.3) is 0 Å². The van der Waals surface area contributed by atoms with Gasteiger partial charge in [0.05, 0.1) is 11.5 Å². The van der Waals surface area contributed by atoms with E-state index in [1.807, 2.05) is 61.5 Å². The molecule has 0 bridgehead atoms. The number of carbonyl (C=O) groups is 2. The molecule has 0 aliphatic carbocycles. The maximum Gasteiger partial charge on any atom is 0.240 e. The van der Waals surface area contributed by atoms with Gasteiger partial charge < -0.3 is 9.47 Å². The molecular formula is C25H28N2O4. The van der Waals surface area contributed by atoms with Crippen LogP contribution in [0.25, 0.3) is 0 Å². The van der Waals surface area contributed by atoms with Crippen LogP contribution in [0.15, 0.2) is 54.6 Å². The molecule has 0 aromatic heterocycles. The normalized spacial score (nSPS) is 28.7. The number of hydrogen-bond acceptors (Lipinski definition) is 5. The van der Waals surface area contributed by atoms with Gasteiger partial charge in [0.15, 0.2) is 11.5 Å². The van der Waals surface area contributed by atoms with Crippen LogP contribution in [0.2, 0.25) is 0 Å². The van der Waals surface area contributed by atoms with Crippen molar-refractivity contribution in [1.82, 2.24) is 9.80 Å². The zero-order valence-corrected chi connectivity index (χ0v) is 17.8. The Balaban J connectivity index is 1.26. The monoisotopic (exact) mass is 420 g/mol. The van der Waals surface area contributed by atoms with Crippen molar-refractivity contribution in [2.75, 3.05) is 26.2 Å². The lowest BCUT2D eigenvalue weighted by Crippen LogP contribution is -2.53. The lowest BCUT2D eigenvalue weighted by Gasteiger charge is -2.39. The fourth-order valence-electron chi connectivity index (χ4n) is 5.09. The van der Waals surface area contributed by atoms with Crippen LogP contribution in [0.4, 0.5) is 0 Å². The highest BCUT2D eigenvalue weighted by atomic mass is 16.6. The van der Waals surface area contributed by atoms with Crippen molar-refractivity contribution in [2.24, 2.45) is 0 Å². The Morgan fingerprint density at radius 2 is 1.77 bits per heavy atom.